The fourth-order valence-corrected chi connectivity index (χ4v) is 4.73. The Bertz CT molecular complexity index is 795. The van der Waals surface area contributed by atoms with Gasteiger partial charge in [0.05, 0.1) is 23.8 Å². The Hall–Kier alpha value is -1.58. The number of nitrogens with zero attached hydrogens (tertiary/aromatic N) is 1. The van der Waals surface area contributed by atoms with Crippen molar-refractivity contribution in [3.63, 3.8) is 0 Å². The number of halogens is 2. The number of hydrogen-bond donors (Lipinski definition) is 2. The fraction of sp³-hybridized carbons (Fsp3) is 0.632. The summed E-state index contributed by atoms with van der Waals surface area (Å²) in [6, 6.07) is 4.33. The number of likely N-dealkylation sites (N-methyl/N-ethyl adjacent to an activating group) is 1. The third-order valence-electron chi connectivity index (χ3n) is 6.19. The predicted molar refractivity (Wildman–Crippen MR) is 111 cm³/mol. The van der Waals surface area contributed by atoms with Gasteiger partial charge in [-0.2, -0.15) is 0 Å². The van der Waals surface area contributed by atoms with Crippen molar-refractivity contribution in [1.29, 1.82) is 0 Å². The number of nitroso groups, excluding NO2 is 1. The van der Waals surface area contributed by atoms with Crippen LogP contribution in [0, 0.1) is 16.1 Å². The first-order valence-corrected chi connectivity index (χ1v) is 11.4. The molecule has 0 radical (unpaired) electrons. The van der Waals surface area contributed by atoms with Crippen molar-refractivity contribution in [1.82, 2.24) is 5.32 Å². The lowest BCUT2D eigenvalue weighted by Gasteiger charge is -2.56. The summed E-state index contributed by atoms with van der Waals surface area (Å²) in [5.74, 6) is -0.137. The Morgan fingerprint density at radius 1 is 1.35 bits per heavy atom. The summed E-state index contributed by atoms with van der Waals surface area (Å²) < 4.78 is 34.8. The number of ether oxygens (including phenoxy) is 3. The summed E-state index contributed by atoms with van der Waals surface area (Å²) in [5, 5.41) is 3.35. The molecule has 9 nitrogen and oxygen atoms in total. The highest BCUT2D eigenvalue weighted by Crippen LogP contribution is 2.53. The molecular weight excluding hydrogens is 454 g/mol. The zero-order valence-electron chi connectivity index (χ0n) is 17.0. The molecule has 0 spiro atoms. The van der Waals surface area contributed by atoms with Crippen molar-refractivity contribution in [2.24, 2.45) is 10.4 Å². The van der Waals surface area contributed by atoms with Gasteiger partial charge in [0.25, 0.3) is 0 Å². The number of nitrogens with one attached hydrogen (secondary N) is 1. The van der Waals surface area contributed by atoms with Gasteiger partial charge in [-0.25, -0.2) is 9.18 Å². The van der Waals surface area contributed by atoms with E-state index >= 15 is 0 Å². The molecule has 12 heteroatoms. The van der Waals surface area contributed by atoms with E-state index in [1.165, 1.54) is 12.1 Å². The average Bonchev–Trinajstić information content (AvgIpc) is 2.78. The number of rotatable bonds is 10. The maximum absolute atomic E-state index is 13.7. The molecule has 2 unspecified atom stereocenters. The number of fused-ring (bicyclic) bond motifs is 3. The number of carbonyl (C=O) groups excluding carboxylic acids is 1. The molecule has 2 bridgehead atoms. The lowest BCUT2D eigenvalue weighted by molar-refractivity contribution is -0.113. The zero-order valence-corrected chi connectivity index (χ0v) is 18.7. The molecule has 3 fully saturated rings. The van der Waals surface area contributed by atoms with E-state index in [2.05, 4.69) is 14.8 Å². The largest absolute Gasteiger partial charge is 0.508 e. The van der Waals surface area contributed by atoms with Crippen LogP contribution in [0.3, 0.4) is 0 Å². The van der Waals surface area contributed by atoms with E-state index in [1.54, 1.807) is 6.07 Å². The molecule has 0 saturated heterocycles. The zero-order chi connectivity index (χ0) is 22.5. The summed E-state index contributed by atoms with van der Waals surface area (Å²) in [6.07, 6.45) is 2.65. The molecule has 0 amide bonds. The molecule has 0 aliphatic heterocycles. The molecule has 3 aliphatic rings. The minimum atomic E-state index is -2.39. The van der Waals surface area contributed by atoms with Gasteiger partial charge < -0.3 is 28.9 Å². The van der Waals surface area contributed by atoms with Crippen molar-refractivity contribution < 1.29 is 32.8 Å². The van der Waals surface area contributed by atoms with Crippen molar-refractivity contribution in [2.75, 3.05) is 26.9 Å². The molecule has 1 aromatic carbocycles. The van der Waals surface area contributed by atoms with Crippen molar-refractivity contribution in [3.8, 4) is 5.75 Å². The smallest absolute Gasteiger partial charge is 0.493 e. The summed E-state index contributed by atoms with van der Waals surface area (Å²) in [7, 11) is -0.548. The van der Waals surface area contributed by atoms with Crippen LogP contribution in [0.1, 0.15) is 32.1 Å². The van der Waals surface area contributed by atoms with E-state index in [-0.39, 0.29) is 29.2 Å². The molecule has 31 heavy (non-hydrogen) atoms. The van der Waals surface area contributed by atoms with Gasteiger partial charge in [-0.05, 0) is 51.3 Å². The lowest BCUT2D eigenvalue weighted by atomic mass is 9.56. The van der Waals surface area contributed by atoms with E-state index in [4.69, 9.17) is 30.7 Å². The summed E-state index contributed by atoms with van der Waals surface area (Å²) in [5.41, 5.74) is -0.546. The van der Waals surface area contributed by atoms with Gasteiger partial charge in [-0.3, -0.25) is 0 Å². The first-order chi connectivity index (χ1) is 14.8. The van der Waals surface area contributed by atoms with Crippen LogP contribution >= 0.6 is 20.1 Å². The van der Waals surface area contributed by atoms with Gasteiger partial charge in [0.15, 0.2) is 0 Å². The van der Waals surface area contributed by atoms with E-state index in [0.717, 1.165) is 25.7 Å². The third kappa shape index (κ3) is 5.81. The first-order valence-electron chi connectivity index (χ1n) is 9.87. The Kier molecular flexibility index (Phi) is 8.04. The molecule has 4 rings (SSSR count). The van der Waals surface area contributed by atoms with Gasteiger partial charge in [0.2, 0.25) is 0 Å². The van der Waals surface area contributed by atoms with E-state index < -0.39 is 26.6 Å². The van der Waals surface area contributed by atoms with Crippen molar-refractivity contribution >= 4 is 26.3 Å². The van der Waals surface area contributed by atoms with E-state index in [1.807, 2.05) is 7.05 Å². The van der Waals surface area contributed by atoms with Crippen LogP contribution in [0.4, 0.5) is 9.18 Å². The van der Waals surface area contributed by atoms with Gasteiger partial charge in [0.1, 0.15) is 24.3 Å². The molecule has 172 valence electrons. The fourth-order valence-electron chi connectivity index (χ4n) is 4.33. The molecule has 3 aliphatic carbocycles. The minimum absolute atomic E-state index is 0.0371. The maximum Gasteiger partial charge on any atom is 0.508 e. The molecular formula is C19H25ClFN2O7P. The van der Waals surface area contributed by atoms with Crippen LogP contribution in [0.25, 0.3) is 0 Å². The number of carbonyl (C=O) groups is 1. The predicted octanol–water partition coefficient (Wildman–Crippen LogP) is 4.30. The summed E-state index contributed by atoms with van der Waals surface area (Å²) >= 11 is 5.72. The van der Waals surface area contributed by atoms with Crippen LogP contribution < -0.4 is 10.1 Å². The van der Waals surface area contributed by atoms with Crippen LogP contribution in [0.5, 0.6) is 5.75 Å². The molecule has 1 aromatic rings. The monoisotopic (exact) mass is 478 g/mol. The normalized spacial score (nSPS) is 28.1. The van der Waals surface area contributed by atoms with E-state index in [0.29, 0.717) is 18.8 Å². The molecule has 0 heterocycles. The first kappa shape index (κ1) is 24.1. The second-order valence-corrected chi connectivity index (χ2v) is 9.18. The maximum atomic E-state index is 13.7. The second kappa shape index (κ2) is 10.4. The van der Waals surface area contributed by atoms with Crippen LogP contribution in [0.2, 0.25) is 5.02 Å². The van der Waals surface area contributed by atoms with E-state index in [9.17, 15) is 14.1 Å². The Labute approximate surface area is 185 Å². The van der Waals surface area contributed by atoms with Crippen molar-refractivity contribution in [3.05, 3.63) is 33.9 Å². The standard InChI is InChI=1S/C19H25ClFN2O7P/c1-22-19-6-4-18(5-7-19,12-28-13-2-3-14(20)15(21)10-13)11-16(19)30-17(24)27-8-9-29-31(26)23-25/h2-3,10,16,22,26H,4-9,11-12H2,1H3. The Balaban J connectivity index is 1.57. The van der Waals surface area contributed by atoms with Crippen molar-refractivity contribution in [2.45, 2.75) is 43.7 Å². The SMILES string of the molecule is CNC12CCC(COc3ccc(Cl)c(F)c3)(CC1)CC2OC(=O)OCCOP(O)N=O. The Morgan fingerprint density at radius 2 is 2.10 bits per heavy atom. The minimum Gasteiger partial charge on any atom is -0.493 e. The Morgan fingerprint density at radius 3 is 2.74 bits per heavy atom. The third-order valence-corrected chi connectivity index (χ3v) is 7.05. The quantitative estimate of drug-likeness (QED) is 0.221. The number of hydrogen-bond acceptors (Lipinski definition) is 9. The molecule has 3 saturated carbocycles. The number of benzene rings is 1. The van der Waals surface area contributed by atoms with Gasteiger partial charge >= 0.3 is 14.7 Å². The topological polar surface area (TPSA) is 116 Å². The highest BCUT2D eigenvalue weighted by Gasteiger charge is 2.56. The molecule has 2 N–H and O–H groups in total. The lowest BCUT2D eigenvalue weighted by Crippen LogP contribution is -2.64. The summed E-state index contributed by atoms with van der Waals surface area (Å²) in [4.78, 5) is 33.5. The molecule has 0 aromatic heterocycles. The van der Waals surface area contributed by atoms with Gasteiger partial charge in [-0.15, -0.1) is 4.91 Å². The molecule has 2 atom stereocenters. The summed E-state index contributed by atoms with van der Waals surface area (Å²) in [6.45, 7) is 0.0269. The van der Waals surface area contributed by atoms with Crippen LogP contribution in [-0.4, -0.2) is 49.6 Å². The van der Waals surface area contributed by atoms with Gasteiger partial charge in [0, 0.05) is 16.4 Å². The highest BCUT2D eigenvalue weighted by molar-refractivity contribution is 7.44. The highest BCUT2D eigenvalue weighted by atomic mass is 35.5. The van der Waals surface area contributed by atoms with Gasteiger partial charge in [-0.1, -0.05) is 11.6 Å². The van der Waals surface area contributed by atoms with Crippen LogP contribution in [-0.2, 0) is 14.0 Å². The van der Waals surface area contributed by atoms with Crippen LogP contribution in [0.15, 0.2) is 23.1 Å². The second-order valence-electron chi connectivity index (χ2n) is 7.85. The average molecular weight is 479 g/mol.